The summed E-state index contributed by atoms with van der Waals surface area (Å²) in [6.45, 7) is 4.59. The number of fused-ring (bicyclic) bond motifs is 1. The smallest absolute Gasteiger partial charge is 0.264 e. The van der Waals surface area contributed by atoms with E-state index in [0.717, 1.165) is 0 Å². The minimum atomic E-state index is -0.654. The van der Waals surface area contributed by atoms with Crippen LogP contribution in [0.25, 0.3) is 0 Å². The van der Waals surface area contributed by atoms with Gasteiger partial charge in [0.2, 0.25) is 12.0 Å². The topological polar surface area (TPSA) is 86.5 Å². The Hall–Kier alpha value is -2.57. The number of nitrogens with zero attached hydrogens (tertiary/aromatic N) is 2. The second kappa shape index (κ2) is 6.68. The van der Waals surface area contributed by atoms with Crippen molar-refractivity contribution in [2.45, 2.75) is 32.3 Å². The largest absolute Gasteiger partial charge is 0.485 e. The molecule has 0 radical (unpaired) electrons. The number of nitrogens with one attached hydrogen (secondary N) is 1. The van der Waals surface area contributed by atoms with Crippen molar-refractivity contribution in [2.24, 2.45) is 0 Å². The van der Waals surface area contributed by atoms with Crippen LogP contribution in [0.15, 0.2) is 28.8 Å². The summed E-state index contributed by atoms with van der Waals surface area (Å²) < 4.78 is 16.3. The van der Waals surface area contributed by atoms with Crippen molar-refractivity contribution in [1.82, 2.24) is 15.5 Å². The highest BCUT2D eigenvalue weighted by atomic mass is 16.6. The lowest BCUT2D eigenvalue weighted by Crippen LogP contribution is -2.44. The van der Waals surface area contributed by atoms with Crippen LogP contribution < -0.4 is 14.8 Å². The zero-order chi connectivity index (χ0) is 16.2. The number of benzene rings is 1. The van der Waals surface area contributed by atoms with Crippen LogP contribution in [0.1, 0.15) is 31.5 Å². The Kier molecular flexibility index (Phi) is 4.45. The maximum Gasteiger partial charge on any atom is 0.264 e. The van der Waals surface area contributed by atoms with E-state index in [1.165, 1.54) is 0 Å². The van der Waals surface area contributed by atoms with E-state index in [4.69, 9.17) is 14.0 Å². The molecule has 2 aromatic rings. The van der Waals surface area contributed by atoms with Crippen LogP contribution in [-0.4, -0.2) is 35.3 Å². The fraction of sp³-hybridized carbons (Fsp3) is 0.438. The van der Waals surface area contributed by atoms with Gasteiger partial charge in [0.05, 0.1) is 0 Å². The second-order valence-electron chi connectivity index (χ2n) is 5.61. The summed E-state index contributed by atoms with van der Waals surface area (Å²) in [7, 11) is 0. The third-order valence-electron chi connectivity index (χ3n) is 3.44. The van der Waals surface area contributed by atoms with Crippen molar-refractivity contribution in [1.29, 1.82) is 0 Å². The number of hydrogen-bond donors (Lipinski definition) is 1. The van der Waals surface area contributed by atoms with Gasteiger partial charge < -0.3 is 19.3 Å². The fourth-order valence-corrected chi connectivity index (χ4v) is 2.16. The molecular formula is C16H19N3O4. The van der Waals surface area contributed by atoms with Crippen LogP contribution in [0.4, 0.5) is 0 Å². The Morgan fingerprint density at radius 3 is 2.87 bits per heavy atom. The van der Waals surface area contributed by atoms with E-state index >= 15 is 0 Å². The van der Waals surface area contributed by atoms with Crippen LogP contribution in [0.2, 0.25) is 0 Å². The lowest BCUT2D eigenvalue weighted by atomic mass is 10.2. The lowest BCUT2D eigenvalue weighted by molar-refractivity contribution is -0.130. The molecular weight excluding hydrogens is 298 g/mol. The molecule has 1 aromatic carbocycles. The SMILES string of the molecule is CC(C)c1noc(CCNC(=O)[C@@H]2COc3ccccc3O2)n1. The van der Waals surface area contributed by atoms with E-state index in [1.807, 2.05) is 32.0 Å². The first kappa shape index (κ1) is 15.3. The van der Waals surface area contributed by atoms with Crippen LogP contribution >= 0.6 is 0 Å². The standard InChI is InChI=1S/C16H19N3O4/c1-10(2)15-18-14(23-19-15)7-8-17-16(20)13-9-21-11-5-3-4-6-12(11)22-13/h3-6,10,13H,7-9H2,1-2H3,(H,17,20)/t13-/m0/s1. The second-order valence-corrected chi connectivity index (χ2v) is 5.61. The van der Waals surface area contributed by atoms with Gasteiger partial charge in [-0.05, 0) is 12.1 Å². The zero-order valence-corrected chi connectivity index (χ0v) is 13.1. The lowest BCUT2D eigenvalue weighted by Gasteiger charge is -2.25. The molecule has 1 aliphatic heterocycles. The Bertz CT molecular complexity index is 683. The average Bonchev–Trinajstić information content (AvgIpc) is 3.03. The zero-order valence-electron chi connectivity index (χ0n) is 13.1. The molecule has 0 aliphatic carbocycles. The summed E-state index contributed by atoms with van der Waals surface area (Å²) >= 11 is 0. The van der Waals surface area contributed by atoms with Crippen molar-refractivity contribution < 1.29 is 18.8 Å². The molecule has 0 saturated heterocycles. The molecule has 0 bridgehead atoms. The van der Waals surface area contributed by atoms with Crippen molar-refractivity contribution in [3.05, 3.63) is 36.0 Å². The van der Waals surface area contributed by atoms with Gasteiger partial charge in [0.1, 0.15) is 6.61 Å². The average molecular weight is 317 g/mol. The van der Waals surface area contributed by atoms with Gasteiger partial charge in [-0.2, -0.15) is 4.98 Å². The first-order valence-electron chi connectivity index (χ1n) is 7.62. The molecule has 1 amide bonds. The third kappa shape index (κ3) is 3.61. The molecule has 0 spiro atoms. The third-order valence-corrected chi connectivity index (χ3v) is 3.44. The Balaban J connectivity index is 1.48. The highest BCUT2D eigenvalue weighted by molar-refractivity contribution is 5.81. The van der Waals surface area contributed by atoms with Crippen LogP contribution in [0, 0.1) is 0 Å². The van der Waals surface area contributed by atoms with E-state index in [-0.39, 0.29) is 18.4 Å². The molecule has 7 heteroatoms. The maximum atomic E-state index is 12.1. The highest BCUT2D eigenvalue weighted by Crippen LogP contribution is 2.30. The van der Waals surface area contributed by atoms with Gasteiger partial charge in [0.25, 0.3) is 5.91 Å². The van der Waals surface area contributed by atoms with Gasteiger partial charge in [0, 0.05) is 18.9 Å². The van der Waals surface area contributed by atoms with Crippen LogP contribution in [0.5, 0.6) is 11.5 Å². The van der Waals surface area contributed by atoms with Gasteiger partial charge in [-0.1, -0.05) is 31.1 Å². The van der Waals surface area contributed by atoms with Crippen molar-refractivity contribution in [2.75, 3.05) is 13.2 Å². The Morgan fingerprint density at radius 1 is 1.35 bits per heavy atom. The van der Waals surface area contributed by atoms with Gasteiger partial charge in [-0.15, -0.1) is 0 Å². The summed E-state index contributed by atoms with van der Waals surface area (Å²) in [5, 5.41) is 6.68. The first-order chi connectivity index (χ1) is 11.1. The number of ether oxygens (including phenoxy) is 2. The van der Waals surface area contributed by atoms with Crippen LogP contribution in [-0.2, 0) is 11.2 Å². The Labute approximate surface area is 134 Å². The quantitative estimate of drug-likeness (QED) is 0.903. The first-order valence-corrected chi connectivity index (χ1v) is 7.62. The summed E-state index contributed by atoms with van der Waals surface area (Å²) in [6, 6.07) is 7.29. The van der Waals surface area contributed by atoms with Crippen molar-refractivity contribution in [3.63, 3.8) is 0 Å². The normalized spacial score (nSPS) is 16.4. The molecule has 7 nitrogen and oxygen atoms in total. The molecule has 0 unspecified atom stereocenters. The molecule has 2 heterocycles. The molecule has 23 heavy (non-hydrogen) atoms. The molecule has 1 atom stereocenters. The number of amides is 1. The summed E-state index contributed by atoms with van der Waals surface area (Å²) in [5.41, 5.74) is 0. The van der Waals surface area contributed by atoms with Crippen molar-refractivity contribution >= 4 is 5.91 Å². The summed E-state index contributed by atoms with van der Waals surface area (Å²) in [6.07, 6.45) is -0.172. The van der Waals surface area contributed by atoms with E-state index in [2.05, 4.69) is 15.5 Å². The van der Waals surface area contributed by atoms with E-state index < -0.39 is 6.10 Å². The highest BCUT2D eigenvalue weighted by Gasteiger charge is 2.26. The predicted octanol–water partition coefficient (Wildman–Crippen LogP) is 1.69. The molecule has 0 fully saturated rings. The van der Waals surface area contributed by atoms with Crippen LogP contribution in [0.3, 0.4) is 0 Å². The number of aromatic nitrogens is 2. The number of para-hydroxylation sites is 2. The number of rotatable bonds is 5. The molecule has 1 aromatic heterocycles. The molecule has 0 saturated carbocycles. The molecule has 3 rings (SSSR count). The van der Waals surface area contributed by atoms with E-state index in [9.17, 15) is 4.79 Å². The maximum absolute atomic E-state index is 12.1. The molecule has 122 valence electrons. The number of hydrogen-bond acceptors (Lipinski definition) is 6. The predicted molar refractivity (Wildman–Crippen MR) is 81.5 cm³/mol. The van der Waals surface area contributed by atoms with Gasteiger partial charge in [-0.3, -0.25) is 4.79 Å². The van der Waals surface area contributed by atoms with Gasteiger partial charge in [-0.25, -0.2) is 0 Å². The van der Waals surface area contributed by atoms with Crippen molar-refractivity contribution in [3.8, 4) is 11.5 Å². The fourth-order valence-electron chi connectivity index (χ4n) is 2.16. The van der Waals surface area contributed by atoms with Gasteiger partial charge >= 0.3 is 0 Å². The minimum absolute atomic E-state index is 0.195. The minimum Gasteiger partial charge on any atom is -0.485 e. The molecule has 1 aliphatic rings. The number of carbonyl (C=O) groups excluding carboxylic acids is 1. The van der Waals surface area contributed by atoms with Gasteiger partial charge in [0.15, 0.2) is 17.3 Å². The Morgan fingerprint density at radius 2 is 2.13 bits per heavy atom. The number of carbonyl (C=O) groups is 1. The summed E-state index contributed by atoms with van der Waals surface area (Å²) in [5.74, 6) is 2.42. The van der Waals surface area contributed by atoms with E-state index in [0.29, 0.717) is 36.2 Å². The molecule has 1 N–H and O–H groups in total. The van der Waals surface area contributed by atoms with E-state index in [1.54, 1.807) is 6.07 Å². The summed E-state index contributed by atoms with van der Waals surface area (Å²) in [4.78, 5) is 16.4. The monoisotopic (exact) mass is 317 g/mol.